The average molecular weight is 398 g/mol. The average Bonchev–Trinajstić information content (AvgIpc) is 2.99. The molecular formula is C21H23N3O3S. The topological polar surface area (TPSA) is 84.2 Å². The van der Waals surface area contributed by atoms with Crippen molar-refractivity contribution in [3.63, 3.8) is 0 Å². The molecule has 0 aliphatic rings. The maximum absolute atomic E-state index is 12.7. The first-order chi connectivity index (χ1) is 13.4. The van der Waals surface area contributed by atoms with E-state index in [0.717, 1.165) is 28.0 Å². The van der Waals surface area contributed by atoms with Gasteiger partial charge in [0.1, 0.15) is 12.4 Å². The van der Waals surface area contributed by atoms with Crippen LogP contribution >= 0.6 is 11.8 Å². The molecule has 0 bridgehead atoms. The third-order valence-electron chi connectivity index (χ3n) is 4.73. The quantitative estimate of drug-likeness (QED) is 0.638. The highest BCUT2D eigenvalue weighted by Gasteiger charge is 2.23. The normalized spacial score (nSPS) is 12.1. The summed E-state index contributed by atoms with van der Waals surface area (Å²) in [5.41, 5.74) is 4.30. The molecule has 1 amide bonds. The summed E-state index contributed by atoms with van der Waals surface area (Å²) < 4.78 is 1.85. The number of carbonyl (C=O) groups excluding carboxylic acids is 1. The Labute approximate surface area is 168 Å². The van der Waals surface area contributed by atoms with E-state index in [0.29, 0.717) is 11.3 Å². The molecule has 0 saturated heterocycles. The molecule has 2 N–H and O–H groups in total. The number of benzene rings is 2. The zero-order chi connectivity index (χ0) is 20.3. The fourth-order valence-corrected chi connectivity index (χ4v) is 3.60. The molecule has 0 spiro atoms. The molecule has 28 heavy (non-hydrogen) atoms. The lowest BCUT2D eigenvalue weighted by Crippen LogP contribution is -2.36. The number of aryl methyl sites for hydroxylation is 2. The monoisotopic (exact) mass is 397 g/mol. The van der Waals surface area contributed by atoms with Crippen LogP contribution in [-0.2, 0) is 21.9 Å². The van der Waals surface area contributed by atoms with E-state index in [-0.39, 0.29) is 12.5 Å². The second kappa shape index (κ2) is 8.48. The minimum absolute atomic E-state index is 0.0189. The third-order valence-corrected chi connectivity index (χ3v) is 5.27. The molecule has 1 heterocycles. The number of carboxylic acids is 1. The van der Waals surface area contributed by atoms with Crippen LogP contribution in [0.4, 0.5) is 0 Å². The Bertz CT molecular complexity index is 1030. The van der Waals surface area contributed by atoms with Gasteiger partial charge in [-0.3, -0.25) is 4.79 Å². The maximum atomic E-state index is 12.7. The van der Waals surface area contributed by atoms with Gasteiger partial charge in [0.15, 0.2) is 6.04 Å². The number of nitrogens with zero attached hydrogens (tertiary/aromatic N) is 2. The lowest BCUT2D eigenvalue weighted by molar-refractivity contribution is -0.142. The number of amides is 1. The summed E-state index contributed by atoms with van der Waals surface area (Å²) in [4.78, 5) is 29.1. The van der Waals surface area contributed by atoms with E-state index >= 15 is 0 Å². The number of imidazole rings is 1. The zero-order valence-electron chi connectivity index (χ0n) is 16.1. The van der Waals surface area contributed by atoms with Crippen LogP contribution in [-0.4, -0.2) is 32.8 Å². The summed E-state index contributed by atoms with van der Waals surface area (Å²) in [7, 11) is 0. The molecule has 146 valence electrons. The number of aliphatic carboxylic acids is 1. The van der Waals surface area contributed by atoms with Gasteiger partial charge in [0.2, 0.25) is 5.91 Å². The van der Waals surface area contributed by atoms with Gasteiger partial charge in [-0.2, -0.15) is 11.8 Å². The van der Waals surface area contributed by atoms with Crippen molar-refractivity contribution in [3.8, 4) is 0 Å². The van der Waals surface area contributed by atoms with Crippen LogP contribution in [0.25, 0.3) is 11.0 Å². The molecule has 6 nitrogen and oxygen atoms in total. The van der Waals surface area contributed by atoms with Gasteiger partial charge in [0.25, 0.3) is 0 Å². The first-order valence-corrected chi connectivity index (χ1v) is 10.3. The summed E-state index contributed by atoms with van der Waals surface area (Å²) in [6.45, 7) is 3.90. The Morgan fingerprint density at radius 3 is 2.61 bits per heavy atom. The molecule has 3 aromatic rings. The number of carboxylic acid groups (broad SMARTS) is 1. The van der Waals surface area contributed by atoms with Crippen molar-refractivity contribution in [1.82, 2.24) is 14.9 Å². The Kier molecular flexibility index (Phi) is 6.04. The van der Waals surface area contributed by atoms with Crippen molar-refractivity contribution < 1.29 is 14.7 Å². The van der Waals surface area contributed by atoms with Crippen molar-refractivity contribution in [2.24, 2.45) is 0 Å². The fourth-order valence-electron chi connectivity index (χ4n) is 3.12. The molecule has 0 aliphatic carbocycles. The summed E-state index contributed by atoms with van der Waals surface area (Å²) in [5.74, 6) is 0.0102. The second-order valence-corrected chi connectivity index (χ2v) is 7.58. The second-order valence-electron chi connectivity index (χ2n) is 6.72. The van der Waals surface area contributed by atoms with Crippen LogP contribution in [0.2, 0.25) is 0 Å². The van der Waals surface area contributed by atoms with Gasteiger partial charge >= 0.3 is 5.97 Å². The van der Waals surface area contributed by atoms with Gasteiger partial charge < -0.3 is 15.0 Å². The molecule has 3 rings (SSSR count). The Morgan fingerprint density at radius 2 is 1.93 bits per heavy atom. The first-order valence-electron chi connectivity index (χ1n) is 8.93. The molecule has 0 saturated carbocycles. The van der Waals surface area contributed by atoms with E-state index in [4.69, 9.17) is 0 Å². The number of rotatable bonds is 7. The molecule has 0 fully saturated rings. The van der Waals surface area contributed by atoms with Crippen LogP contribution in [0, 0.1) is 13.8 Å². The lowest BCUT2D eigenvalue weighted by Gasteiger charge is -2.17. The number of para-hydroxylation sites is 2. The number of nitrogens with one attached hydrogen (secondary N) is 1. The van der Waals surface area contributed by atoms with Crippen molar-refractivity contribution in [2.45, 2.75) is 32.2 Å². The van der Waals surface area contributed by atoms with Crippen LogP contribution in [0.1, 0.15) is 28.6 Å². The molecular weight excluding hydrogens is 374 g/mol. The van der Waals surface area contributed by atoms with E-state index in [1.165, 1.54) is 0 Å². The van der Waals surface area contributed by atoms with Crippen LogP contribution < -0.4 is 5.32 Å². The highest BCUT2D eigenvalue weighted by molar-refractivity contribution is 7.97. The predicted octanol–water partition coefficient (Wildman–Crippen LogP) is 3.46. The predicted molar refractivity (Wildman–Crippen MR) is 111 cm³/mol. The smallest absolute Gasteiger partial charge is 0.330 e. The third kappa shape index (κ3) is 4.20. The minimum Gasteiger partial charge on any atom is -0.479 e. The molecule has 2 aromatic carbocycles. The molecule has 7 heteroatoms. The number of aromatic nitrogens is 2. The van der Waals surface area contributed by atoms with E-state index in [1.807, 2.05) is 55.0 Å². The fraction of sp³-hybridized carbons (Fsp3) is 0.286. The summed E-state index contributed by atoms with van der Waals surface area (Å²) in [6.07, 6.45) is 1.98. The van der Waals surface area contributed by atoms with Gasteiger partial charge in [0, 0.05) is 0 Å². The standard InChI is InChI=1S/C21H23N3O3S/c1-13-8-9-15(10-14(13)2)20(21(26)27)23-19(25)11-24-17-7-5-4-6-16(17)22-18(24)12-28-3/h4-10,20H,11-12H2,1-3H3,(H,23,25)(H,26,27). The Hall–Kier alpha value is -2.80. The molecule has 1 aromatic heterocycles. The first kappa shape index (κ1) is 19.9. The number of carbonyl (C=O) groups is 2. The number of hydrogen-bond acceptors (Lipinski definition) is 4. The van der Waals surface area contributed by atoms with Crippen LogP contribution in [0.3, 0.4) is 0 Å². The van der Waals surface area contributed by atoms with E-state index in [2.05, 4.69) is 10.3 Å². The van der Waals surface area contributed by atoms with Crippen molar-refractivity contribution >= 4 is 34.7 Å². The van der Waals surface area contributed by atoms with Crippen molar-refractivity contribution in [2.75, 3.05) is 6.26 Å². The molecule has 1 unspecified atom stereocenters. The van der Waals surface area contributed by atoms with Gasteiger partial charge in [0.05, 0.1) is 16.8 Å². The minimum atomic E-state index is -1.09. The maximum Gasteiger partial charge on any atom is 0.330 e. The van der Waals surface area contributed by atoms with Crippen LogP contribution in [0.5, 0.6) is 0 Å². The lowest BCUT2D eigenvalue weighted by atomic mass is 10.0. The number of fused-ring (bicyclic) bond motifs is 1. The number of thioether (sulfide) groups is 1. The van der Waals surface area contributed by atoms with Gasteiger partial charge in [-0.15, -0.1) is 0 Å². The Balaban J connectivity index is 1.86. The van der Waals surface area contributed by atoms with E-state index in [1.54, 1.807) is 23.9 Å². The summed E-state index contributed by atoms with van der Waals surface area (Å²) >= 11 is 1.62. The molecule has 0 aliphatic heterocycles. The van der Waals surface area contributed by atoms with Gasteiger partial charge in [-0.1, -0.05) is 30.3 Å². The Morgan fingerprint density at radius 1 is 1.18 bits per heavy atom. The zero-order valence-corrected chi connectivity index (χ0v) is 16.9. The largest absolute Gasteiger partial charge is 0.479 e. The highest BCUT2D eigenvalue weighted by atomic mass is 32.2. The van der Waals surface area contributed by atoms with E-state index in [9.17, 15) is 14.7 Å². The van der Waals surface area contributed by atoms with E-state index < -0.39 is 12.0 Å². The van der Waals surface area contributed by atoms with Crippen molar-refractivity contribution in [1.29, 1.82) is 0 Å². The SMILES string of the molecule is CSCc1nc2ccccc2n1CC(=O)NC(C(=O)O)c1ccc(C)c(C)c1. The highest BCUT2D eigenvalue weighted by Crippen LogP contribution is 2.20. The molecule has 1 atom stereocenters. The van der Waals surface area contributed by atoms with Crippen molar-refractivity contribution in [3.05, 3.63) is 65.0 Å². The van der Waals surface area contributed by atoms with Gasteiger partial charge in [-0.05, 0) is 48.9 Å². The molecule has 0 radical (unpaired) electrons. The summed E-state index contributed by atoms with van der Waals surface area (Å²) in [6, 6.07) is 11.9. The van der Waals surface area contributed by atoms with Crippen LogP contribution in [0.15, 0.2) is 42.5 Å². The van der Waals surface area contributed by atoms with Gasteiger partial charge in [-0.25, -0.2) is 9.78 Å². The number of hydrogen-bond donors (Lipinski definition) is 2. The summed E-state index contributed by atoms with van der Waals surface area (Å²) in [5, 5.41) is 12.3.